The van der Waals surface area contributed by atoms with E-state index in [1.165, 1.54) is 0 Å². The normalized spacial score (nSPS) is 36.0. The van der Waals surface area contributed by atoms with E-state index >= 15 is 0 Å². The van der Waals surface area contributed by atoms with Gasteiger partial charge in [0.15, 0.2) is 6.29 Å². The number of carbonyl (C=O) groups is 2. The van der Waals surface area contributed by atoms with Crippen molar-refractivity contribution in [2.24, 2.45) is 0 Å². The number of hydrogen-bond donors (Lipinski definition) is 8. The summed E-state index contributed by atoms with van der Waals surface area (Å²) in [4.78, 5) is 22.8. The molecule has 1 fully saturated rings. The van der Waals surface area contributed by atoms with E-state index in [0.717, 1.165) is 0 Å². The summed E-state index contributed by atoms with van der Waals surface area (Å²) in [6.07, 6.45) is -14.8. The molecule has 152 valence electrons. The molecule has 0 aromatic rings. The summed E-state index contributed by atoms with van der Waals surface area (Å²) < 4.78 is 31.1. The van der Waals surface area contributed by atoms with Crippen molar-refractivity contribution in [1.82, 2.24) is 5.32 Å². The summed E-state index contributed by atoms with van der Waals surface area (Å²) in [6, 6.07) is -1.90. The van der Waals surface area contributed by atoms with Crippen molar-refractivity contribution < 1.29 is 58.9 Å². The Hall–Kier alpha value is -1.22. The van der Waals surface area contributed by atoms with Gasteiger partial charge in [-0.15, -0.1) is 0 Å². The summed E-state index contributed by atoms with van der Waals surface area (Å²) in [6.45, 7) is -4.98. The number of rotatable bonds is 9. The van der Waals surface area contributed by atoms with E-state index < -0.39 is 81.0 Å². The molecule has 12 nitrogen and oxygen atoms in total. The van der Waals surface area contributed by atoms with Gasteiger partial charge in [-0.2, -0.15) is 0 Å². The van der Waals surface area contributed by atoms with Gasteiger partial charge >= 0.3 is 0 Å². The second kappa shape index (κ2) is 10.2. The minimum atomic E-state index is -3.15. The zero-order valence-electron chi connectivity index (χ0n) is 16.5. The first-order valence-electron chi connectivity index (χ1n) is 9.08. The highest BCUT2D eigenvalue weighted by molar-refractivity contribution is 5.77. The van der Waals surface area contributed by atoms with E-state index in [-0.39, 0.29) is 6.29 Å². The van der Waals surface area contributed by atoms with Gasteiger partial charge in [0.2, 0.25) is 5.91 Å². The average molecular weight is 386 g/mol. The molecule has 0 bridgehead atoms. The van der Waals surface area contributed by atoms with Gasteiger partial charge in [0, 0.05) is 11.0 Å². The summed E-state index contributed by atoms with van der Waals surface area (Å²) in [5.74, 6) is -1.58. The Balaban J connectivity index is 3.03. The fourth-order valence-electron chi connectivity index (χ4n) is 2.39. The van der Waals surface area contributed by atoms with E-state index in [1.54, 1.807) is 5.32 Å². The molecule has 1 aliphatic heterocycles. The van der Waals surface area contributed by atoms with Gasteiger partial charge in [-0.3, -0.25) is 4.79 Å². The molecule has 1 rings (SSSR count). The van der Waals surface area contributed by atoms with Crippen molar-refractivity contribution >= 4 is 12.2 Å². The fraction of sp³-hybridized carbons (Fsp3) is 0.857. The zero-order valence-corrected chi connectivity index (χ0v) is 13.5. The minimum Gasteiger partial charge on any atom is -0.394 e. The Bertz CT molecular complexity index is 549. The lowest BCUT2D eigenvalue weighted by atomic mass is 9.98. The van der Waals surface area contributed by atoms with Crippen molar-refractivity contribution in [3.63, 3.8) is 0 Å². The van der Waals surface area contributed by atoms with Crippen LogP contribution in [0.3, 0.4) is 0 Å². The predicted octanol–water partition coefficient (Wildman–Crippen LogP) is -5.41. The number of aliphatic hydroxyl groups is 7. The van der Waals surface area contributed by atoms with Crippen LogP contribution in [0.1, 0.15) is 11.0 Å². The number of carbonyl (C=O) groups excluding carboxylic acids is 2. The average Bonchev–Trinajstić information content (AvgIpc) is 2.67. The third-order valence-corrected chi connectivity index (χ3v) is 3.85. The van der Waals surface area contributed by atoms with Crippen LogP contribution >= 0.6 is 0 Å². The Morgan fingerprint density at radius 1 is 1.27 bits per heavy atom. The molecular formula is C14H25NO11. The van der Waals surface area contributed by atoms with Gasteiger partial charge in [0.1, 0.15) is 55.1 Å². The Morgan fingerprint density at radius 3 is 2.42 bits per heavy atom. The Kier molecular flexibility index (Phi) is 7.12. The van der Waals surface area contributed by atoms with Gasteiger partial charge in [0.25, 0.3) is 0 Å². The Morgan fingerprint density at radius 2 is 1.92 bits per heavy atom. The first kappa shape index (κ1) is 18.2. The second-order valence-electron chi connectivity index (χ2n) is 5.67. The maximum absolute atomic E-state index is 11.6. The molecule has 0 radical (unpaired) electrons. The summed E-state index contributed by atoms with van der Waals surface area (Å²) in [5, 5.41) is 69.8. The predicted molar refractivity (Wildman–Crippen MR) is 81.4 cm³/mol. The molecular weight excluding hydrogens is 358 g/mol. The van der Waals surface area contributed by atoms with Crippen LogP contribution in [0.15, 0.2) is 0 Å². The van der Waals surface area contributed by atoms with Crippen LogP contribution in [0, 0.1) is 0 Å². The monoisotopic (exact) mass is 386 g/mol. The van der Waals surface area contributed by atoms with Crippen molar-refractivity contribution in [2.45, 2.75) is 61.9 Å². The Labute approximate surface area is 152 Å². The van der Waals surface area contributed by atoms with E-state index in [1.807, 2.05) is 0 Å². The standard InChI is InChI=1S/C14H25NO11/c1-5(19)15-6(2-16)9(21)13(7(20)3-17)26-14-12(24)11(23)10(22)8(4-18)25-14/h2,6-14,17-18,20-24H,3-4H2,1H3,(H,15,19)/t6-,7+,8+,9+,10-,11-,12+,13+,14-/m0/s1/i1D3. The molecule has 0 aromatic carbocycles. The molecule has 1 amide bonds. The molecule has 8 N–H and O–H groups in total. The van der Waals surface area contributed by atoms with Gasteiger partial charge in [-0.25, -0.2) is 0 Å². The highest BCUT2D eigenvalue weighted by Gasteiger charge is 2.46. The third kappa shape index (κ3) is 5.39. The summed E-state index contributed by atoms with van der Waals surface area (Å²) in [5.41, 5.74) is 0. The van der Waals surface area contributed by atoms with Crippen molar-refractivity contribution in [2.75, 3.05) is 13.2 Å². The number of hydrogen-bond acceptors (Lipinski definition) is 11. The van der Waals surface area contributed by atoms with Crippen LogP contribution in [-0.4, -0.2) is 116 Å². The van der Waals surface area contributed by atoms with Crippen LogP contribution in [0.5, 0.6) is 0 Å². The maximum Gasteiger partial charge on any atom is 0.217 e. The summed E-state index contributed by atoms with van der Waals surface area (Å²) in [7, 11) is 0. The SMILES string of the molecule is [2H]C([2H])([2H])C(=O)N[C@@H](C=O)[C@@H](O)[C@H](O[C@@H]1O[C@H](CO)[C@H](O)[C@H](O)[C@H]1O)[C@H](O)CO. The van der Waals surface area contributed by atoms with Crippen LogP contribution in [0.2, 0.25) is 0 Å². The van der Waals surface area contributed by atoms with E-state index in [9.17, 15) is 35.1 Å². The topological polar surface area (TPSA) is 206 Å². The lowest BCUT2D eigenvalue weighted by Gasteiger charge is -2.42. The van der Waals surface area contributed by atoms with E-state index in [2.05, 4.69) is 0 Å². The van der Waals surface area contributed by atoms with Gasteiger partial charge in [-0.05, 0) is 0 Å². The molecule has 26 heavy (non-hydrogen) atoms. The van der Waals surface area contributed by atoms with Gasteiger partial charge < -0.3 is 55.3 Å². The molecule has 0 spiro atoms. The number of nitrogens with one attached hydrogen (secondary N) is 1. The number of aliphatic hydroxyl groups excluding tert-OH is 7. The lowest BCUT2D eigenvalue weighted by Crippen LogP contribution is -2.62. The number of ether oxygens (including phenoxy) is 2. The molecule has 0 aromatic heterocycles. The number of amides is 1. The lowest BCUT2D eigenvalue weighted by molar-refractivity contribution is -0.324. The first-order chi connectivity index (χ1) is 13.4. The maximum atomic E-state index is 11.6. The quantitative estimate of drug-likeness (QED) is 0.175. The van der Waals surface area contributed by atoms with Crippen LogP contribution in [-0.2, 0) is 19.1 Å². The molecule has 0 aliphatic carbocycles. The van der Waals surface area contributed by atoms with Gasteiger partial charge in [0.05, 0.1) is 13.2 Å². The van der Waals surface area contributed by atoms with Crippen LogP contribution in [0.25, 0.3) is 0 Å². The molecule has 0 saturated carbocycles. The fourth-order valence-corrected chi connectivity index (χ4v) is 2.39. The molecule has 1 heterocycles. The van der Waals surface area contributed by atoms with E-state index in [4.69, 9.17) is 23.8 Å². The zero-order chi connectivity index (χ0) is 22.5. The highest BCUT2D eigenvalue weighted by Crippen LogP contribution is 2.24. The second-order valence-corrected chi connectivity index (χ2v) is 5.67. The van der Waals surface area contributed by atoms with E-state index in [0.29, 0.717) is 0 Å². The molecule has 1 saturated heterocycles. The smallest absolute Gasteiger partial charge is 0.217 e. The molecule has 9 atom stereocenters. The van der Waals surface area contributed by atoms with Crippen LogP contribution in [0.4, 0.5) is 0 Å². The van der Waals surface area contributed by atoms with Crippen molar-refractivity contribution in [3.8, 4) is 0 Å². The highest BCUT2D eigenvalue weighted by atomic mass is 16.7. The third-order valence-electron chi connectivity index (χ3n) is 3.85. The first-order valence-corrected chi connectivity index (χ1v) is 7.58. The minimum absolute atomic E-state index is 0.0396. The van der Waals surface area contributed by atoms with Crippen molar-refractivity contribution in [3.05, 3.63) is 0 Å². The van der Waals surface area contributed by atoms with Crippen LogP contribution < -0.4 is 5.32 Å². The summed E-state index contributed by atoms with van der Waals surface area (Å²) >= 11 is 0. The molecule has 1 aliphatic rings. The number of aldehydes is 1. The van der Waals surface area contributed by atoms with Crippen molar-refractivity contribution in [1.29, 1.82) is 0 Å². The van der Waals surface area contributed by atoms with Gasteiger partial charge in [-0.1, -0.05) is 0 Å². The molecule has 0 unspecified atom stereocenters. The molecule has 12 heteroatoms. The largest absolute Gasteiger partial charge is 0.394 e.